The molecule has 0 aliphatic heterocycles. The van der Waals surface area contributed by atoms with E-state index in [2.05, 4.69) is 31.2 Å². The lowest BCUT2D eigenvalue weighted by atomic mass is 10.2. The van der Waals surface area contributed by atoms with Gasteiger partial charge in [0.2, 0.25) is 0 Å². The highest BCUT2D eigenvalue weighted by molar-refractivity contribution is 9.10. The van der Waals surface area contributed by atoms with Gasteiger partial charge in [-0.25, -0.2) is 9.97 Å². The molecule has 0 aliphatic carbocycles. The van der Waals surface area contributed by atoms with Gasteiger partial charge in [-0.15, -0.1) is 0 Å². The smallest absolute Gasteiger partial charge is 0.148 e. The minimum absolute atomic E-state index is 0.0164. The van der Waals surface area contributed by atoms with E-state index in [1.54, 1.807) is 0 Å². The largest absolute Gasteiger partial charge is 0.394 e. The van der Waals surface area contributed by atoms with Gasteiger partial charge in [0.15, 0.2) is 0 Å². The van der Waals surface area contributed by atoms with E-state index in [0.29, 0.717) is 15.4 Å². The van der Waals surface area contributed by atoms with Crippen LogP contribution in [0.25, 0.3) is 0 Å². The number of nitrogens with one attached hydrogen (secondary N) is 1. The number of halogens is 2. The molecule has 0 amide bonds. The first-order chi connectivity index (χ1) is 6.69. The Morgan fingerprint density at radius 1 is 1.64 bits per heavy atom. The van der Waals surface area contributed by atoms with Gasteiger partial charge in [0.1, 0.15) is 17.3 Å². The van der Waals surface area contributed by atoms with Crippen LogP contribution in [0, 0.1) is 0 Å². The van der Waals surface area contributed by atoms with Gasteiger partial charge in [0.05, 0.1) is 17.1 Å². The first-order valence-corrected chi connectivity index (χ1v) is 5.39. The summed E-state index contributed by atoms with van der Waals surface area (Å²) >= 11 is 9.05. The first kappa shape index (κ1) is 11.7. The van der Waals surface area contributed by atoms with E-state index in [1.165, 1.54) is 6.33 Å². The van der Waals surface area contributed by atoms with Crippen LogP contribution in [0.1, 0.15) is 13.3 Å². The van der Waals surface area contributed by atoms with Crippen LogP contribution in [0.5, 0.6) is 0 Å². The second kappa shape index (κ2) is 5.48. The normalized spacial score (nSPS) is 12.6. The predicted molar refractivity (Wildman–Crippen MR) is 59.5 cm³/mol. The van der Waals surface area contributed by atoms with E-state index in [-0.39, 0.29) is 12.6 Å². The molecular weight excluding hydrogens is 269 g/mol. The predicted octanol–water partition coefficient (Wildman–Crippen LogP) is 2.08. The zero-order valence-corrected chi connectivity index (χ0v) is 10.0. The molecule has 6 heteroatoms. The molecule has 14 heavy (non-hydrogen) atoms. The lowest BCUT2D eigenvalue weighted by Gasteiger charge is -2.15. The molecule has 0 radical (unpaired) electrons. The highest BCUT2D eigenvalue weighted by Crippen LogP contribution is 2.26. The van der Waals surface area contributed by atoms with E-state index < -0.39 is 0 Å². The Labute approximate surface area is 95.8 Å². The van der Waals surface area contributed by atoms with Crippen molar-refractivity contribution >= 4 is 33.3 Å². The summed E-state index contributed by atoms with van der Waals surface area (Å²) in [5.74, 6) is 0.603. The zero-order valence-electron chi connectivity index (χ0n) is 7.67. The molecule has 1 aromatic rings. The lowest BCUT2D eigenvalue weighted by Crippen LogP contribution is -2.23. The summed E-state index contributed by atoms with van der Waals surface area (Å²) in [7, 11) is 0. The maximum atomic E-state index is 8.99. The van der Waals surface area contributed by atoms with E-state index in [4.69, 9.17) is 16.7 Å². The third-order valence-corrected chi connectivity index (χ3v) is 3.07. The Morgan fingerprint density at radius 3 is 2.93 bits per heavy atom. The molecule has 0 bridgehead atoms. The second-order valence-corrected chi connectivity index (χ2v) is 3.91. The van der Waals surface area contributed by atoms with Crippen molar-refractivity contribution in [3.8, 4) is 0 Å². The Balaban J connectivity index is 2.80. The van der Waals surface area contributed by atoms with Crippen molar-refractivity contribution in [2.24, 2.45) is 0 Å². The molecule has 1 aromatic heterocycles. The van der Waals surface area contributed by atoms with Crippen LogP contribution < -0.4 is 5.32 Å². The lowest BCUT2D eigenvalue weighted by molar-refractivity contribution is 0.271. The average Bonchev–Trinajstić information content (AvgIpc) is 2.20. The first-order valence-electron chi connectivity index (χ1n) is 4.22. The summed E-state index contributed by atoms with van der Waals surface area (Å²) in [5, 5.41) is 12.4. The summed E-state index contributed by atoms with van der Waals surface area (Å²) in [6.45, 7) is 2.04. The molecule has 0 aromatic carbocycles. The van der Waals surface area contributed by atoms with E-state index in [1.807, 2.05) is 6.92 Å². The van der Waals surface area contributed by atoms with Crippen LogP contribution in [-0.2, 0) is 0 Å². The van der Waals surface area contributed by atoms with Gasteiger partial charge in [-0.05, 0) is 22.4 Å². The van der Waals surface area contributed by atoms with Crippen LogP contribution in [0.15, 0.2) is 10.8 Å². The number of hydrogen-bond donors (Lipinski definition) is 2. The molecule has 4 nitrogen and oxygen atoms in total. The summed E-state index contributed by atoms with van der Waals surface area (Å²) < 4.78 is 0.619. The fourth-order valence-corrected chi connectivity index (χ4v) is 1.37. The monoisotopic (exact) mass is 279 g/mol. The number of aromatic nitrogens is 2. The van der Waals surface area contributed by atoms with E-state index >= 15 is 0 Å². The van der Waals surface area contributed by atoms with Crippen molar-refractivity contribution in [2.75, 3.05) is 11.9 Å². The molecular formula is C8H11BrClN3O. The van der Waals surface area contributed by atoms with Crippen molar-refractivity contribution in [1.82, 2.24) is 9.97 Å². The third kappa shape index (κ3) is 2.80. The molecule has 1 unspecified atom stereocenters. The molecule has 1 rings (SSSR count). The van der Waals surface area contributed by atoms with Crippen LogP contribution in [-0.4, -0.2) is 27.7 Å². The van der Waals surface area contributed by atoms with E-state index in [9.17, 15) is 0 Å². The minimum atomic E-state index is -0.0164. The van der Waals surface area contributed by atoms with E-state index in [0.717, 1.165) is 6.42 Å². The van der Waals surface area contributed by atoms with Crippen LogP contribution in [0.4, 0.5) is 5.82 Å². The van der Waals surface area contributed by atoms with Crippen LogP contribution in [0.2, 0.25) is 5.15 Å². The highest BCUT2D eigenvalue weighted by Gasteiger charge is 2.10. The average molecular weight is 281 g/mol. The van der Waals surface area contributed by atoms with Crippen molar-refractivity contribution in [1.29, 1.82) is 0 Å². The fraction of sp³-hybridized carbons (Fsp3) is 0.500. The Hall–Kier alpha value is -0.390. The van der Waals surface area contributed by atoms with Gasteiger partial charge >= 0.3 is 0 Å². The Morgan fingerprint density at radius 2 is 2.36 bits per heavy atom. The van der Waals surface area contributed by atoms with Gasteiger partial charge in [-0.3, -0.25) is 0 Å². The maximum absolute atomic E-state index is 8.99. The number of aliphatic hydroxyl groups excluding tert-OH is 1. The van der Waals surface area contributed by atoms with Crippen molar-refractivity contribution in [3.63, 3.8) is 0 Å². The highest BCUT2D eigenvalue weighted by atomic mass is 79.9. The van der Waals surface area contributed by atoms with Crippen molar-refractivity contribution in [3.05, 3.63) is 16.0 Å². The minimum Gasteiger partial charge on any atom is -0.394 e. The quantitative estimate of drug-likeness (QED) is 0.829. The Kier molecular flexibility index (Phi) is 4.57. The molecule has 0 saturated heterocycles. The summed E-state index contributed by atoms with van der Waals surface area (Å²) in [6.07, 6.45) is 2.18. The Bertz CT molecular complexity index is 307. The summed E-state index contributed by atoms with van der Waals surface area (Å²) in [5.41, 5.74) is 0. The second-order valence-electron chi connectivity index (χ2n) is 2.76. The molecule has 2 N–H and O–H groups in total. The van der Waals surface area contributed by atoms with Crippen LogP contribution >= 0.6 is 27.5 Å². The molecule has 78 valence electrons. The van der Waals surface area contributed by atoms with Gasteiger partial charge in [-0.1, -0.05) is 18.5 Å². The van der Waals surface area contributed by atoms with Crippen molar-refractivity contribution in [2.45, 2.75) is 19.4 Å². The van der Waals surface area contributed by atoms with Gasteiger partial charge in [0, 0.05) is 0 Å². The number of hydrogen-bond acceptors (Lipinski definition) is 4. The molecule has 0 spiro atoms. The summed E-state index contributed by atoms with van der Waals surface area (Å²) in [4.78, 5) is 7.81. The van der Waals surface area contributed by atoms with Crippen LogP contribution in [0.3, 0.4) is 0 Å². The topological polar surface area (TPSA) is 58.0 Å². The number of nitrogens with zero attached hydrogens (tertiary/aromatic N) is 2. The molecule has 1 atom stereocenters. The third-order valence-electron chi connectivity index (χ3n) is 1.80. The SMILES string of the molecule is CCC(CO)Nc1ncnc(Cl)c1Br. The number of aliphatic hydroxyl groups is 1. The van der Waals surface area contributed by atoms with Gasteiger partial charge in [-0.2, -0.15) is 0 Å². The fourth-order valence-electron chi connectivity index (χ4n) is 0.919. The zero-order chi connectivity index (χ0) is 10.6. The number of rotatable bonds is 4. The van der Waals surface area contributed by atoms with Crippen molar-refractivity contribution < 1.29 is 5.11 Å². The number of anilines is 1. The standard InChI is InChI=1S/C8H11BrClN3O/c1-2-5(3-14)13-8-6(9)7(10)11-4-12-8/h4-5,14H,2-3H2,1H3,(H,11,12,13). The van der Waals surface area contributed by atoms with Gasteiger partial charge < -0.3 is 10.4 Å². The molecule has 0 fully saturated rings. The summed E-state index contributed by atoms with van der Waals surface area (Å²) in [6, 6.07) is -0.0164. The maximum Gasteiger partial charge on any atom is 0.148 e. The van der Waals surface area contributed by atoms with Gasteiger partial charge in [0.25, 0.3) is 0 Å². The molecule has 0 saturated carbocycles. The molecule has 0 aliphatic rings. The molecule has 1 heterocycles.